The third kappa shape index (κ3) is 4.58. The third-order valence-electron chi connectivity index (χ3n) is 2.92. The van der Waals surface area contributed by atoms with E-state index >= 15 is 0 Å². The second-order valence-electron chi connectivity index (χ2n) is 4.62. The van der Waals surface area contributed by atoms with Gasteiger partial charge in [-0.3, -0.25) is 14.9 Å². The number of carbonyl (C=O) groups excluding carboxylic acids is 1. The molecule has 0 saturated carbocycles. The number of nitro benzene ring substituents is 1. The number of ether oxygens (including phenoxy) is 1. The third-order valence-corrected chi connectivity index (χ3v) is 3.47. The molecule has 0 fully saturated rings. The summed E-state index contributed by atoms with van der Waals surface area (Å²) in [7, 11) is 0. The number of hydrogen-bond acceptors (Lipinski definition) is 4. The lowest BCUT2D eigenvalue weighted by atomic mass is 10.3. The molecule has 2 aromatic rings. The Labute approximate surface area is 142 Å². The lowest BCUT2D eigenvalue weighted by molar-refractivity contribution is -0.384. The topological polar surface area (TPSA) is 81.5 Å². The van der Waals surface area contributed by atoms with Crippen molar-refractivity contribution in [1.82, 2.24) is 0 Å². The SMILES string of the molecule is C[C@H](Oc1ccc([N+](=O)[O-])cc1)C(=O)Nc1ccc(Cl)cc1Cl. The van der Waals surface area contributed by atoms with E-state index in [1.54, 1.807) is 19.1 Å². The van der Waals surface area contributed by atoms with Crippen molar-refractivity contribution in [1.29, 1.82) is 0 Å². The van der Waals surface area contributed by atoms with E-state index in [-0.39, 0.29) is 5.69 Å². The summed E-state index contributed by atoms with van der Waals surface area (Å²) in [5.41, 5.74) is 0.364. The number of carbonyl (C=O) groups is 1. The molecule has 0 aliphatic rings. The molecule has 0 bridgehead atoms. The monoisotopic (exact) mass is 354 g/mol. The number of nitro groups is 1. The van der Waals surface area contributed by atoms with Crippen LogP contribution in [0.5, 0.6) is 5.75 Å². The fourth-order valence-corrected chi connectivity index (χ4v) is 2.19. The predicted molar refractivity (Wildman–Crippen MR) is 88.3 cm³/mol. The first-order valence-electron chi connectivity index (χ1n) is 6.54. The van der Waals surface area contributed by atoms with E-state index < -0.39 is 16.9 Å². The molecule has 8 heteroatoms. The normalized spacial score (nSPS) is 11.6. The number of nitrogens with one attached hydrogen (secondary N) is 1. The Morgan fingerprint density at radius 3 is 2.43 bits per heavy atom. The number of hydrogen-bond donors (Lipinski definition) is 1. The van der Waals surface area contributed by atoms with Crippen molar-refractivity contribution in [2.45, 2.75) is 13.0 Å². The molecule has 0 saturated heterocycles. The van der Waals surface area contributed by atoms with Crippen LogP contribution in [0.25, 0.3) is 0 Å². The highest BCUT2D eigenvalue weighted by Crippen LogP contribution is 2.26. The molecule has 1 N–H and O–H groups in total. The van der Waals surface area contributed by atoms with Crippen molar-refractivity contribution in [3.05, 3.63) is 62.6 Å². The fraction of sp³-hybridized carbons (Fsp3) is 0.133. The first-order chi connectivity index (χ1) is 10.9. The first kappa shape index (κ1) is 17.1. The standard InChI is InChI=1S/C15H12Cl2N2O4/c1-9(23-12-5-3-11(4-6-12)19(21)22)15(20)18-14-7-2-10(16)8-13(14)17/h2-9H,1H3,(H,18,20)/t9-/m0/s1. The molecule has 6 nitrogen and oxygen atoms in total. The van der Waals surface area contributed by atoms with Crippen molar-refractivity contribution in [3.8, 4) is 5.75 Å². The predicted octanol–water partition coefficient (Wildman–Crippen LogP) is 4.31. The van der Waals surface area contributed by atoms with Crippen LogP contribution in [0.3, 0.4) is 0 Å². The Balaban J connectivity index is 2.00. The number of rotatable bonds is 5. The van der Waals surface area contributed by atoms with Gasteiger partial charge < -0.3 is 10.1 Å². The molecule has 0 aliphatic carbocycles. The zero-order valence-corrected chi connectivity index (χ0v) is 13.5. The molecule has 0 aromatic heterocycles. The molecule has 2 rings (SSSR count). The Bertz CT molecular complexity index is 735. The van der Waals surface area contributed by atoms with Crippen LogP contribution in [0.15, 0.2) is 42.5 Å². The summed E-state index contributed by atoms with van der Waals surface area (Å²) >= 11 is 11.8. The summed E-state index contributed by atoms with van der Waals surface area (Å²) in [4.78, 5) is 22.2. The van der Waals surface area contributed by atoms with E-state index in [1.165, 1.54) is 30.3 Å². The van der Waals surface area contributed by atoms with Crippen molar-refractivity contribution < 1.29 is 14.5 Å². The minimum atomic E-state index is -0.816. The van der Waals surface area contributed by atoms with Gasteiger partial charge in [0.1, 0.15) is 5.75 Å². The number of amides is 1. The Morgan fingerprint density at radius 2 is 1.87 bits per heavy atom. The second-order valence-corrected chi connectivity index (χ2v) is 5.47. The summed E-state index contributed by atoms with van der Waals surface area (Å²) in [5.74, 6) is -0.0620. The minimum Gasteiger partial charge on any atom is -0.481 e. The summed E-state index contributed by atoms with van der Waals surface area (Å²) < 4.78 is 5.44. The fourth-order valence-electron chi connectivity index (χ4n) is 1.73. The van der Waals surface area contributed by atoms with Crippen LogP contribution in [0, 0.1) is 10.1 Å². The van der Waals surface area contributed by atoms with Crippen molar-refractivity contribution >= 4 is 40.5 Å². The highest BCUT2D eigenvalue weighted by atomic mass is 35.5. The van der Waals surface area contributed by atoms with Gasteiger partial charge in [0.2, 0.25) is 0 Å². The molecule has 120 valence electrons. The van der Waals surface area contributed by atoms with Crippen LogP contribution in [0.2, 0.25) is 10.0 Å². The molecule has 0 heterocycles. The summed E-state index contributed by atoms with van der Waals surface area (Å²) in [5, 5.41) is 14.0. The van der Waals surface area contributed by atoms with Gasteiger partial charge in [-0.25, -0.2) is 0 Å². The average molecular weight is 355 g/mol. The Kier molecular flexibility index (Phi) is 5.41. The van der Waals surface area contributed by atoms with Gasteiger partial charge in [-0.15, -0.1) is 0 Å². The van der Waals surface area contributed by atoms with Gasteiger partial charge in [0, 0.05) is 17.2 Å². The van der Waals surface area contributed by atoms with Crippen LogP contribution in [-0.4, -0.2) is 16.9 Å². The van der Waals surface area contributed by atoms with E-state index in [9.17, 15) is 14.9 Å². The van der Waals surface area contributed by atoms with Crippen LogP contribution in [-0.2, 0) is 4.79 Å². The molecule has 0 spiro atoms. The zero-order chi connectivity index (χ0) is 17.0. The lowest BCUT2D eigenvalue weighted by Gasteiger charge is -2.15. The van der Waals surface area contributed by atoms with Gasteiger partial charge in [0.15, 0.2) is 6.10 Å². The molecule has 0 unspecified atom stereocenters. The summed E-state index contributed by atoms with van der Waals surface area (Å²) in [6, 6.07) is 10.2. The van der Waals surface area contributed by atoms with Gasteiger partial charge in [0.05, 0.1) is 15.6 Å². The molecule has 0 radical (unpaired) electrons. The van der Waals surface area contributed by atoms with Gasteiger partial charge in [0.25, 0.3) is 11.6 Å². The summed E-state index contributed by atoms with van der Waals surface area (Å²) in [6.07, 6.45) is -0.816. The average Bonchev–Trinajstić information content (AvgIpc) is 2.50. The highest BCUT2D eigenvalue weighted by molar-refractivity contribution is 6.36. The van der Waals surface area contributed by atoms with Crippen LogP contribution in [0.1, 0.15) is 6.92 Å². The van der Waals surface area contributed by atoms with Gasteiger partial charge in [-0.05, 0) is 37.3 Å². The van der Waals surface area contributed by atoms with Crippen molar-refractivity contribution in [2.24, 2.45) is 0 Å². The molecule has 1 amide bonds. The van der Waals surface area contributed by atoms with Crippen molar-refractivity contribution in [3.63, 3.8) is 0 Å². The summed E-state index contributed by atoms with van der Waals surface area (Å²) in [6.45, 7) is 1.56. The van der Waals surface area contributed by atoms with E-state index in [1.807, 2.05) is 0 Å². The van der Waals surface area contributed by atoms with Gasteiger partial charge in [-0.2, -0.15) is 0 Å². The molecule has 23 heavy (non-hydrogen) atoms. The minimum absolute atomic E-state index is 0.0533. The first-order valence-corrected chi connectivity index (χ1v) is 7.29. The zero-order valence-electron chi connectivity index (χ0n) is 12.0. The number of halogens is 2. The van der Waals surface area contributed by atoms with Crippen molar-refractivity contribution in [2.75, 3.05) is 5.32 Å². The number of nitrogens with zero attached hydrogens (tertiary/aromatic N) is 1. The molecule has 2 aromatic carbocycles. The second kappa shape index (κ2) is 7.30. The smallest absolute Gasteiger partial charge is 0.269 e. The number of non-ortho nitro benzene ring substituents is 1. The van der Waals surface area contributed by atoms with E-state index in [2.05, 4.69) is 5.32 Å². The largest absolute Gasteiger partial charge is 0.481 e. The molecular formula is C15H12Cl2N2O4. The van der Waals surface area contributed by atoms with Crippen LogP contribution >= 0.6 is 23.2 Å². The van der Waals surface area contributed by atoms with Gasteiger partial charge >= 0.3 is 0 Å². The lowest BCUT2D eigenvalue weighted by Crippen LogP contribution is -2.30. The van der Waals surface area contributed by atoms with E-state index in [0.29, 0.717) is 21.5 Å². The van der Waals surface area contributed by atoms with E-state index in [4.69, 9.17) is 27.9 Å². The molecule has 0 aliphatic heterocycles. The van der Waals surface area contributed by atoms with Crippen LogP contribution in [0.4, 0.5) is 11.4 Å². The van der Waals surface area contributed by atoms with Crippen LogP contribution < -0.4 is 10.1 Å². The molecule has 1 atom stereocenters. The maximum Gasteiger partial charge on any atom is 0.269 e. The Hall–Kier alpha value is -2.31. The van der Waals surface area contributed by atoms with E-state index in [0.717, 1.165) is 0 Å². The number of benzene rings is 2. The Morgan fingerprint density at radius 1 is 1.22 bits per heavy atom. The maximum absolute atomic E-state index is 12.1. The van der Waals surface area contributed by atoms with Gasteiger partial charge in [-0.1, -0.05) is 23.2 Å². The number of anilines is 1. The quantitative estimate of drug-likeness (QED) is 0.640. The molecular weight excluding hydrogens is 343 g/mol. The highest BCUT2D eigenvalue weighted by Gasteiger charge is 2.16. The maximum atomic E-state index is 12.1.